The predicted molar refractivity (Wildman–Crippen MR) is 70.7 cm³/mol. The maximum Gasteiger partial charge on any atom is 0.0434 e. The number of anilines is 1. The van der Waals surface area contributed by atoms with E-state index in [1.54, 1.807) is 16.8 Å². The van der Waals surface area contributed by atoms with Crippen molar-refractivity contribution in [1.82, 2.24) is 4.90 Å². The number of benzene rings is 1. The van der Waals surface area contributed by atoms with Crippen LogP contribution in [-0.2, 0) is 6.42 Å². The van der Waals surface area contributed by atoms with E-state index in [0.717, 1.165) is 11.8 Å². The van der Waals surface area contributed by atoms with E-state index in [1.807, 2.05) is 0 Å². The van der Waals surface area contributed by atoms with Gasteiger partial charge in [0, 0.05) is 37.8 Å². The molecule has 4 rings (SSSR count). The van der Waals surface area contributed by atoms with Crippen LogP contribution in [-0.4, -0.2) is 38.1 Å². The molecule has 0 amide bonds. The molecule has 2 atom stereocenters. The van der Waals surface area contributed by atoms with Crippen molar-refractivity contribution in [2.24, 2.45) is 5.92 Å². The largest absolute Gasteiger partial charge is 0.371 e. The van der Waals surface area contributed by atoms with Crippen LogP contribution in [0.2, 0.25) is 0 Å². The van der Waals surface area contributed by atoms with Crippen molar-refractivity contribution in [3.05, 3.63) is 29.3 Å². The van der Waals surface area contributed by atoms with Crippen molar-refractivity contribution in [3.63, 3.8) is 0 Å². The molecule has 0 aromatic heterocycles. The van der Waals surface area contributed by atoms with Gasteiger partial charge in [-0.05, 0) is 36.9 Å². The predicted octanol–water partition coefficient (Wildman–Crippen LogP) is 2.10. The first-order chi connectivity index (χ1) is 8.33. The summed E-state index contributed by atoms with van der Waals surface area (Å²) in [5.74, 6) is 1.66. The highest BCUT2D eigenvalue weighted by Crippen LogP contribution is 2.45. The molecular weight excluding hydrogens is 208 g/mol. The molecule has 3 heterocycles. The van der Waals surface area contributed by atoms with E-state index in [2.05, 4.69) is 35.0 Å². The van der Waals surface area contributed by atoms with Gasteiger partial charge in [0.2, 0.25) is 0 Å². The fourth-order valence-corrected chi connectivity index (χ4v) is 4.16. The number of fused-ring (bicyclic) bond motifs is 2. The Bertz CT molecular complexity index is 454. The van der Waals surface area contributed by atoms with E-state index in [-0.39, 0.29) is 0 Å². The Hall–Kier alpha value is -1.02. The number of rotatable bonds is 0. The summed E-state index contributed by atoms with van der Waals surface area (Å²) in [6, 6.07) is 7.00. The van der Waals surface area contributed by atoms with Gasteiger partial charge in [0.05, 0.1) is 0 Å². The first kappa shape index (κ1) is 9.95. The number of likely N-dealkylation sites (tertiary alicyclic amines) is 1. The maximum atomic E-state index is 2.66. The second kappa shape index (κ2) is 3.49. The average Bonchev–Trinajstić information content (AvgIpc) is 2.70. The highest BCUT2D eigenvalue weighted by molar-refractivity contribution is 5.64. The third-order valence-electron chi connectivity index (χ3n) is 4.82. The summed E-state index contributed by atoms with van der Waals surface area (Å²) in [4.78, 5) is 5.17. The molecule has 1 aromatic rings. The molecule has 3 aliphatic heterocycles. The van der Waals surface area contributed by atoms with Crippen LogP contribution in [0.3, 0.4) is 0 Å². The maximum absolute atomic E-state index is 2.66. The molecule has 3 aliphatic rings. The van der Waals surface area contributed by atoms with Crippen LogP contribution >= 0.6 is 0 Å². The summed E-state index contributed by atoms with van der Waals surface area (Å²) >= 11 is 0. The lowest BCUT2D eigenvalue weighted by Crippen LogP contribution is -2.40. The molecule has 17 heavy (non-hydrogen) atoms. The van der Waals surface area contributed by atoms with Crippen LogP contribution in [0.5, 0.6) is 0 Å². The molecule has 2 nitrogen and oxygen atoms in total. The molecule has 1 fully saturated rings. The van der Waals surface area contributed by atoms with E-state index in [4.69, 9.17) is 0 Å². The smallest absolute Gasteiger partial charge is 0.0434 e. The summed E-state index contributed by atoms with van der Waals surface area (Å²) in [5.41, 5.74) is 4.85. The Morgan fingerprint density at radius 1 is 1.18 bits per heavy atom. The average molecular weight is 228 g/mol. The topological polar surface area (TPSA) is 6.48 Å². The van der Waals surface area contributed by atoms with Gasteiger partial charge < -0.3 is 9.80 Å². The number of para-hydroxylation sites is 1. The lowest BCUT2D eigenvalue weighted by atomic mass is 9.80. The Morgan fingerprint density at radius 3 is 3.06 bits per heavy atom. The monoisotopic (exact) mass is 228 g/mol. The Labute approximate surface area is 103 Å². The van der Waals surface area contributed by atoms with Gasteiger partial charge in [-0.1, -0.05) is 18.2 Å². The van der Waals surface area contributed by atoms with Crippen molar-refractivity contribution < 1.29 is 0 Å². The molecule has 0 spiro atoms. The number of aryl methyl sites for hydroxylation is 1. The summed E-state index contributed by atoms with van der Waals surface area (Å²) in [6.07, 6.45) is 2.62. The van der Waals surface area contributed by atoms with E-state index in [9.17, 15) is 0 Å². The minimum Gasteiger partial charge on any atom is -0.371 e. The Kier molecular flexibility index (Phi) is 2.04. The van der Waals surface area contributed by atoms with Crippen molar-refractivity contribution in [2.75, 3.05) is 38.1 Å². The van der Waals surface area contributed by atoms with Crippen LogP contribution in [0.25, 0.3) is 0 Å². The molecular formula is C15H20N2. The van der Waals surface area contributed by atoms with Crippen LogP contribution in [0.4, 0.5) is 5.69 Å². The highest BCUT2D eigenvalue weighted by atomic mass is 15.2. The third-order valence-corrected chi connectivity index (χ3v) is 4.82. The van der Waals surface area contributed by atoms with E-state index in [0.29, 0.717) is 0 Å². The lowest BCUT2D eigenvalue weighted by molar-refractivity contribution is 0.393. The quantitative estimate of drug-likeness (QED) is 0.671. The van der Waals surface area contributed by atoms with Crippen molar-refractivity contribution >= 4 is 5.69 Å². The molecule has 0 N–H and O–H groups in total. The molecule has 0 aliphatic carbocycles. The molecule has 1 saturated heterocycles. The van der Waals surface area contributed by atoms with Crippen LogP contribution in [0, 0.1) is 5.92 Å². The summed E-state index contributed by atoms with van der Waals surface area (Å²) < 4.78 is 0. The standard InChI is InChI=1S/C15H20N2/c1-16-8-12-9-17-7-3-5-11-4-2-6-13(15(11)17)14(12)10-16/h2,4,6,12,14H,3,5,7-10H2,1H3/t12-,14+/m1/s1. The second-order valence-corrected chi connectivity index (χ2v) is 5.99. The number of nitrogens with zero attached hydrogens (tertiary/aromatic N) is 2. The van der Waals surface area contributed by atoms with Crippen molar-refractivity contribution in [2.45, 2.75) is 18.8 Å². The van der Waals surface area contributed by atoms with E-state index >= 15 is 0 Å². The number of hydrogen-bond donors (Lipinski definition) is 0. The van der Waals surface area contributed by atoms with Crippen LogP contribution < -0.4 is 4.90 Å². The zero-order chi connectivity index (χ0) is 11.4. The fourth-order valence-electron chi connectivity index (χ4n) is 4.16. The van der Waals surface area contributed by atoms with Crippen LogP contribution in [0.1, 0.15) is 23.5 Å². The zero-order valence-electron chi connectivity index (χ0n) is 10.5. The first-order valence-electron chi connectivity index (χ1n) is 6.88. The van der Waals surface area contributed by atoms with Gasteiger partial charge in [0.25, 0.3) is 0 Å². The normalized spacial score (nSPS) is 31.2. The van der Waals surface area contributed by atoms with Crippen molar-refractivity contribution in [1.29, 1.82) is 0 Å². The molecule has 90 valence electrons. The minimum absolute atomic E-state index is 0.796. The van der Waals surface area contributed by atoms with Crippen LogP contribution in [0.15, 0.2) is 18.2 Å². The molecule has 0 bridgehead atoms. The van der Waals surface area contributed by atoms with Gasteiger partial charge in [-0.3, -0.25) is 0 Å². The molecule has 0 radical (unpaired) electrons. The zero-order valence-corrected chi connectivity index (χ0v) is 10.5. The SMILES string of the molecule is CN1C[C@@H]2CN3CCCc4cccc(c43)[C@H]2C1. The van der Waals surface area contributed by atoms with Gasteiger partial charge in [0.15, 0.2) is 0 Å². The second-order valence-electron chi connectivity index (χ2n) is 5.99. The third kappa shape index (κ3) is 1.37. The van der Waals surface area contributed by atoms with E-state index < -0.39 is 0 Å². The van der Waals surface area contributed by atoms with Gasteiger partial charge in [-0.25, -0.2) is 0 Å². The lowest BCUT2D eigenvalue weighted by Gasteiger charge is -2.41. The minimum atomic E-state index is 0.796. The van der Waals surface area contributed by atoms with Gasteiger partial charge in [-0.15, -0.1) is 0 Å². The summed E-state index contributed by atoms with van der Waals surface area (Å²) in [7, 11) is 2.27. The Balaban J connectivity index is 1.86. The van der Waals surface area contributed by atoms with Gasteiger partial charge in [-0.2, -0.15) is 0 Å². The molecule has 0 unspecified atom stereocenters. The highest BCUT2D eigenvalue weighted by Gasteiger charge is 2.40. The molecule has 0 saturated carbocycles. The van der Waals surface area contributed by atoms with Crippen molar-refractivity contribution in [3.8, 4) is 0 Å². The summed E-state index contributed by atoms with van der Waals surface area (Å²) in [5, 5.41) is 0. The van der Waals surface area contributed by atoms with Gasteiger partial charge >= 0.3 is 0 Å². The number of likely N-dealkylation sites (N-methyl/N-ethyl adjacent to an activating group) is 1. The number of hydrogen-bond acceptors (Lipinski definition) is 2. The first-order valence-corrected chi connectivity index (χ1v) is 6.88. The summed E-state index contributed by atoms with van der Waals surface area (Å²) in [6.45, 7) is 5.11. The van der Waals surface area contributed by atoms with E-state index in [1.165, 1.54) is 39.0 Å². The molecule has 2 heteroatoms. The Morgan fingerprint density at radius 2 is 2.12 bits per heavy atom. The fraction of sp³-hybridized carbons (Fsp3) is 0.600. The molecule has 1 aromatic carbocycles. The van der Waals surface area contributed by atoms with Gasteiger partial charge in [0.1, 0.15) is 0 Å².